The van der Waals surface area contributed by atoms with Crippen LogP contribution >= 0.6 is 23.5 Å². The third-order valence-electron chi connectivity index (χ3n) is 4.92. The van der Waals surface area contributed by atoms with Gasteiger partial charge in [-0.05, 0) is 13.8 Å². The Morgan fingerprint density at radius 1 is 1.54 bits per heavy atom. The van der Waals surface area contributed by atoms with Gasteiger partial charge >= 0.3 is 5.16 Å². The molecule has 3 rings (SSSR count). The Kier molecular flexibility index (Phi) is 4.97. The van der Waals surface area contributed by atoms with E-state index in [-0.39, 0.29) is 23.6 Å². The van der Waals surface area contributed by atoms with Crippen molar-refractivity contribution in [2.45, 2.75) is 37.0 Å². The standard InChI is InChI=1S/C15H22N6O3S2/c1-3-20-10(18)7(2)9(17)19-14(20)26-6-15(13(23)24)4-21-11(22)8(16)12(21)25-5-15/h8,12H,3-6,16H2,1-2H3,(H4,17,18,23,24)/t8?,12-,15?/m1/s1. The third kappa shape index (κ3) is 2.87. The summed E-state index contributed by atoms with van der Waals surface area (Å²) in [4.78, 5) is 29.7. The molecule has 0 saturated carbocycles. The molecule has 6 N–H and O–H groups in total. The van der Waals surface area contributed by atoms with Crippen LogP contribution < -0.4 is 26.9 Å². The largest absolute Gasteiger partial charge is 0.549 e. The summed E-state index contributed by atoms with van der Waals surface area (Å²) in [6.07, 6.45) is 0. The number of β-lactam (4-membered cyclic amide) rings is 1. The molecule has 2 fully saturated rings. The van der Waals surface area contributed by atoms with Crippen LogP contribution in [-0.2, 0) is 16.1 Å². The Hall–Kier alpha value is -1.72. The second-order valence-electron chi connectivity index (χ2n) is 6.58. The SMILES string of the molecule is CC[n+]1c(SCC2(C(=O)[O-])CS[C@@H]3C(N)C(=O)N3C2)nc(N)c(C)c1N. The lowest BCUT2D eigenvalue weighted by Crippen LogP contribution is -2.73. The van der Waals surface area contributed by atoms with Crippen LogP contribution in [0.3, 0.4) is 0 Å². The highest BCUT2D eigenvalue weighted by atomic mass is 32.2. The van der Waals surface area contributed by atoms with Crippen LogP contribution in [0.4, 0.5) is 11.6 Å². The lowest BCUT2D eigenvalue weighted by Gasteiger charge is -2.54. The second-order valence-corrected chi connectivity index (χ2v) is 8.63. The minimum absolute atomic E-state index is 0.0927. The molecule has 2 unspecified atom stereocenters. The van der Waals surface area contributed by atoms with Crippen molar-refractivity contribution in [3.8, 4) is 0 Å². The van der Waals surface area contributed by atoms with Crippen LogP contribution in [0, 0.1) is 12.3 Å². The van der Waals surface area contributed by atoms with Crippen molar-refractivity contribution < 1.29 is 19.3 Å². The van der Waals surface area contributed by atoms with Crippen molar-refractivity contribution in [3.63, 3.8) is 0 Å². The first-order valence-electron chi connectivity index (χ1n) is 8.19. The molecule has 0 bridgehead atoms. The van der Waals surface area contributed by atoms with Crippen LogP contribution in [0.15, 0.2) is 5.16 Å². The molecular formula is C15H22N6O3S2. The third-order valence-corrected chi connectivity index (χ3v) is 7.79. The maximum absolute atomic E-state index is 11.9. The van der Waals surface area contributed by atoms with E-state index in [1.54, 1.807) is 11.5 Å². The first-order valence-corrected chi connectivity index (χ1v) is 10.2. The van der Waals surface area contributed by atoms with Gasteiger partial charge in [0.2, 0.25) is 17.5 Å². The number of nitrogen functional groups attached to an aromatic ring is 2. The van der Waals surface area contributed by atoms with E-state index >= 15 is 0 Å². The van der Waals surface area contributed by atoms with Crippen molar-refractivity contribution in [2.24, 2.45) is 11.1 Å². The summed E-state index contributed by atoms with van der Waals surface area (Å²) >= 11 is 2.64. The smallest absolute Gasteiger partial charge is 0.300 e. The zero-order valence-electron chi connectivity index (χ0n) is 14.6. The number of carbonyl (C=O) groups excluding carboxylic acids is 2. The van der Waals surface area contributed by atoms with E-state index in [2.05, 4.69) is 4.98 Å². The summed E-state index contributed by atoms with van der Waals surface area (Å²) in [5.74, 6) is -0.0499. The number of nitrogens with two attached hydrogens (primary N) is 3. The molecule has 3 atom stereocenters. The normalized spacial score (nSPS) is 27.8. The van der Waals surface area contributed by atoms with E-state index in [1.165, 1.54) is 28.4 Å². The van der Waals surface area contributed by atoms with Gasteiger partial charge in [-0.3, -0.25) is 4.79 Å². The van der Waals surface area contributed by atoms with Crippen molar-refractivity contribution in [1.29, 1.82) is 0 Å². The number of nitrogens with zero attached hydrogens (tertiary/aromatic N) is 3. The van der Waals surface area contributed by atoms with E-state index < -0.39 is 17.4 Å². The molecular weight excluding hydrogens is 376 g/mol. The molecule has 2 aliphatic heterocycles. The number of aromatic nitrogens is 2. The number of hydrogen-bond acceptors (Lipinski definition) is 9. The predicted molar refractivity (Wildman–Crippen MR) is 97.8 cm³/mol. The maximum atomic E-state index is 11.9. The fraction of sp³-hybridized carbons (Fsp3) is 0.600. The fourth-order valence-corrected chi connectivity index (χ4v) is 5.98. The molecule has 2 aliphatic rings. The number of carbonyl (C=O) groups is 2. The van der Waals surface area contributed by atoms with E-state index in [4.69, 9.17) is 17.2 Å². The summed E-state index contributed by atoms with van der Waals surface area (Å²) in [7, 11) is 0. The Balaban J connectivity index is 1.83. The Bertz CT molecular complexity index is 776. The van der Waals surface area contributed by atoms with Gasteiger partial charge in [-0.25, -0.2) is 4.57 Å². The molecule has 0 aliphatic carbocycles. The van der Waals surface area contributed by atoms with Crippen molar-refractivity contribution in [3.05, 3.63) is 5.56 Å². The number of hydrogen-bond donors (Lipinski definition) is 3. The lowest BCUT2D eigenvalue weighted by atomic mass is 9.89. The van der Waals surface area contributed by atoms with Crippen LogP contribution in [0.2, 0.25) is 0 Å². The van der Waals surface area contributed by atoms with Gasteiger partial charge in [0, 0.05) is 23.5 Å². The highest BCUT2D eigenvalue weighted by Crippen LogP contribution is 2.43. The molecule has 26 heavy (non-hydrogen) atoms. The minimum Gasteiger partial charge on any atom is -0.549 e. The van der Waals surface area contributed by atoms with E-state index in [9.17, 15) is 14.7 Å². The van der Waals surface area contributed by atoms with Gasteiger partial charge in [0.05, 0.1) is 18.1 Å². The summed E-state index contributed by atoms with van der Waals surface area (Å²) in [5, 5.41) is 12.3. The monoisotopic (exact) mass is 398 g/mol. The Morgan fingerprint density at radius 2 is 2.23 bits per heavy atom. The van der Waals surface area contributed by atoms with E-state index in [0.29, 0.717) is 34.7 Å². The first-order chi connectivity index (χ1) is 12.2. The van der Waals surface area contributed by atoms with E-state index in [0.717, 1.165) is 0 Å². The highest BCUT2D eigenvalue weighted by molar-refractivity contribution is 8.00. The molecule has 142 valence electrons. The fourth-order valence-electron chi connectivity index (χ4n) is 3.10. The first kappa shape index (κ1) is 19.1. The van der Waals surface area contributed by atoms with Crippen molar-refractivity contribution in [2.75, 3.05) is 29.5 Å². The number of fused-ring (bicyclic) bond motifs is 1. The second kappa shape index (κ2) is 6.78. The zero-order valence-corrected chi connectivity index (χ0v) is 16.2. The van der Waals surface area contributed by atoms with Crippen molar-refractivity contribution >= 4 is 47.0 Å². The van der Waals surface area contributed by atoms with E-state index in [1.807, 2.05) is 6.92 Å². The summed E-state index contributed by atoms with van der Waals surface area (Å²) in [6.45, 7) is 4.39. The number of carboxylic acids is 1. The Labute approximate surface area is 159 Å². The quantitative estimate of drug-likeness (QED) is 0.219. The average molecular weight is 399 g/mol. The van der Waals surface area contributed by atoms with Gasteiger partial charge in [0.15, 0.2) is 0 Å². The molecule has 1 amide bonds. The molecule has 0 radical (unpaired) electrons. The van der Waals surface area contributed by atoms with Crippen molar-refractivity contribution in [1.82, 2.24) is 9.88 Å². The highest BCUT2D eigenvalue weighted by Gasteiger charge is 2.53. The number of anilines is 2. The van der Waals surface area contributed by atoms with Gasteiger partial charge in [0.25, 0.3) is 0 Å². The zero-order chi connectivity index (χ0) is 19.2. The van der Waals surface area contributed by atoms with Crippen LogP contribution in [0.1, 0.15) is 12.5 Å². The minimum atomic E-state index is -1.18. The number of aliphatic carboxylic acids is 1. The van der Waals surface area contributed by atoms with Gasteiger partial charge in [-0.15, -0.1) is 11.8 Å². The van der Waals surface area contributed by atoms with Gasteiger partial charge in [-0.1, -0.05) is 16.7 Å². The maximum Gasteiger partial charge on any atom is 0.300 e. The average Bonchev–Trinajstić information content (AvgIpc) is 2.63. The predicted octanol–water partition coefficient (Wildman–Crippen LogP) is -2.07. The molecule has 1 aromatic heterocycles. The molecule has 11 heteroatoms. The molecule has 2 saturated heterocycles. The molecule has 1 aromatic rings. The number of thioether (sulfide) groups is 2. The number of rotatable bonds is 5. The van der Waals surface area contributed by atoms with Crippen LogP contribution in [0.5, 0.6) is 0 Å². The van der Waals surface area contributed by atoms with Crippen LogP contribution in [0.25, 0.3) is 0 Å². The number of amides is 1. The van der Waals surface area contributed by atoms with Gasteiger partial charge in [-0.2, -0.15) is 0 Å². The number of carboxylic acid groups (broad SMARTS) is 1. The molecule has 0 aromatic carbocycles. The summed E-state index contributed by atoms with van der Waals surface area (Å²) in [5.41, 5.74) is 17.3. The van der Waals surface area contributed by atoms with Gasteiger partial charge < -0.3 is 32.0 Å². The van der Waals surface area contributed by atoms with Crippen LogP contribution in [-0.4, -0.2) is 51.2 Å². The molecule has 9 nitrogen and oxygen atoms in total. The lowest BCUT2D eigenvalue weighted by molar-refractivity contribution is -0.720. The molecule has 0 spiro atoms. The topological polar surface area (TPSA) is 155 Å². The Morgan fingerprint density at radius 3 is 2.85 bits per heavy atom. The molecule has 3 heterocycles. The van der Waals surface area contributed by atoms with Gasteiger partial charge in [0.1, 0.15) is 11.4 Å². The summed E-state index contributed by atoms with van der Waals surface area (Å²) in [6, 6.07) is -0.548. The summed E-state index contributed by atoms with van der Waals surface area (Å²) < 4.78 is 1.79.